The number of hydrogen-bond acceptors (Lipinski definition) is 5. The summed E-state index contributed by atoms with van der Waals surface area (Å²) in [6.45, 7) is 1.89. The Morgan fingerprint density at radius 1 is 1.45 bits per heavy atom. The minimum Gasteiger partial charge on any atom is -0.393 e. The zero-order valence-corrected chi connectivity index (χ0v) is 12.7. The molecule has 2 atom stereocenters. The molecule has 1 fully saturated rings. The lowest BCUT2D eigenvalue weighted by Crippen LogP contribution is -2.37. The van der Waals surface area contributed by atoms with E-state index in [1.807, 2.05) is 0 Å². The van der Waals surface area contributed by atoms with Gasteiger partial charge < -0.3 is 10.8 Å². The highest BCUT2D eigenvalue weighted by molar-refractivity contribution is 7.89. The molecule has 0 radical (unpaired) electrons. The number of nitrogens with one attached hydrogen (secondary N) is 1. The number of nitrogens with two attached hydrogens (primary N) is 1. The summed E-state index contributed by atoms with van der Waals surface area (Å²) in [7, 11) is -2.04. The summed E-state index contributed by atoms with van der Waals surface area (Å²) in [6.07, 6.45) is 3.17. The van der Waals surface area contributed by atoms with Crippen LogP contribution < -0.4 is 10.5 Å². The molecule has 1 aromatic heterocycles. The largest absolute Gasteiger partial charge is 0.393 e. The number of nitrogen functional groups attached to an aromatic ring is 1. The topological polar surface area (TPSA) is 110 Å². The maximum atomic E-state index is 12.3. The highest BCUT2D eigenvalue weighted by Gasteiger charge is 2.28. The van der Waals surface area contributed by atoms with Crippen molar-refractivity contribution in [3.05, 3.63) is 5.69 Å². The third-order valence-corrected chi connectivity index (χ3v) is 5.57. The van der Waals surface area contributed by atoms with Gasteiger partial charge in [0.05, 0.1) is 11.8 Å². The zero-order valence-electron chi connectivity index (χ0n) is 11.8. The van der Waals surface area contributed by atoms with Gasteiger partial charge in [-0.2, -0.15) is 5.10 Å². The molecule has 1 aliphatic rings. The van der Waals surface area contributed by atoms with Crippen LogP contribution >= 0.6 is 0 Å². The Balaban J connectivity index is 2.11. The first-order valence-electron chi connectivity index (χ1n) is 6.79. The first-order chi connectivity index (χ1) is 9.33. The van der Waals surface area contributed by atoms with E-state index in [9.17, 15) is 13.5 Å². The van der Waals surface area contributed by atoms with Gasteiger partial charge in [-0.25, -0.2) is 13.1 Å². The van der Waals surface area contributed by atoms with E-state index in [1.165, 1.54) is 4.68 Å². The molecule has 7 nitrogen and oxygen atoms in total. The summed E-state index contributed by atoms with van der Waals surface area (Å²) in [4.78, 5) is 0.0327. The number of hydrogen-bond donors (Lipinski definition) is 3. The van der Waals surface area contributed by atoms with Crippen LogP contribution in [0.4, 0.5) is 5.82 Å². The maximum absolute atomic E-state index is 12.3. The summed E-state index contributed by atoms with van der Waals surface area (Å²) >= 11 is 0. The number of aromatic nitrogens is 2. The zero-order chi connectivity index (χ0) is 14.9. The molecule has 0 aliphatic heterocycles. The van der Waals surface area contributed by atoms with Crippen molar-refractivity contribution >= 4 is 15.8 Å². The predicted molar refractivity (Wildman–Crippen MR) is 75.5 cm³/mol. The van der Waals surface area contributed by atoms with E-state index < -0.39 is 16.1 Å². The maximum Gasteiger partial charge on any atom is 0.246 e. The summed E-state index contributed by atoms with van der Waals surface area (Å²) in [5.41, 5.74) is 6.16. The normalized spacial score (nSPS) is 23.9. The number of aryl methyl sites for hydroxylation is 1. The molecule has 8 heteroatoms. The van der Waals surface area contributed by atoms with Crippen molar-refractivity contribution < 1.29 is 13.5 Å². The molecule has 0 spiro atoms. The first-order valence-corrected chi connectivity index (χ1v) is 8.28. The number of aliphatic hydroxyl groups excluding tert-OH is 1. The van der Waals surface area contributed by atoms with Crippen molar-refractivity contribution in [2.75, 3.05) is 12.3 Å². The van der Waals surface area contributed by atoms with Gasteiger partial charge in [-0.1, -0.05) is 12.8 Å². The molecule has 1 saturated carbocycles. The number of aliphatic hydroxyl groups is 1. The van der Waals surface area contributed by atoms with Crippen LogP contribution in [0.5, 0.6) is 0 Å². The lowest BCUT2D eigenvalue weighted by molar-refractivity contribution is 0.0724. The Bertz CT molecular complexity index is 582. The van der Waals surface area contributed by atoms with E-state index in [0.717, 1.165) is 25.7 Å². The summed E-state index contributed by atoms with van der Waals surface area (Å²) < 4.78 is 28.6. The predicted octanol–water partition coefficient (Wildman–Crippen LogP) is 0.140. The van der Waals surface area contributed by atoms with Gasteiger partial charge in [-0.15, -0.1) is 0 Å². The highest BCUT2D eigenvalue weighted by atomic mass is 32.2. The summed E-state index contributed by atoms with van der Waals surface area (Å²) in [5, 5.41) is 13.8. The van der Waals surface area contributed by atoms with Crippen molar-refractivity contribution in [2.24, 2.45) is 13.0 Å². The van der Waals surface area contributed by atoms with Crippen molar-refractivity contribution in [2.45, 2.75) is 43.6 Å². The number of sulfonamides is 1. The fourth-order valence-corrected chi connectivity index (χ4v) is 4.08. The van der Waals surface area contributed by atoms with Crippen molar-refractivity contribution in [1.82, 2.24) is 14.5 Å². The minimum atomic E-state index is -3.69. The van der Waals surface area contributed by atoms with Crippen LogP contribution in [0.15, 0.2) is 4.90 Å². The molecule has 0 amide bonds. The van der Waals surface area contributed by atoms with Crippen molar-refractivity contribution in [1.29, 1.82) is 0 Å². The van der Waals surface area contributed by atoms with Crippen molar-refractivity contribution in [3.8, 4) is 0 Å². The fourth-order valence-electron chi connectivity index (χ4n) is 2.66. The second kappa shape index (κ2) is 5.71. The molecule has 0 saturated heterocycles. The van der Waals surface area contributed by atoms with E-state index >= 15 is 0 Å². The fraction of sp³-hybridized carbons (Fsp3) is 0.750. The molecule has 2 unspecified atom stereocenters. The molecule has 114 valence electrons. The molecule has 1 aromatic rings. The average Bonchev–Trinajstić information content (AvgIpc) is 2.62. The lowest BCUT2D eigenvalue weighted by Gasteiger charge is -2.27. The van der Waals surface area contributed by atoms with E-state index in [-0.39, 0.29) is 23.2 Å². The molecule has 20 heavy (non-hydrogen) atoms. The summed E-state index contributed by atoms with van der Waals surface area (Å²) in [5.74, 6) is -0.0292. The van der Waals surface area contributed by atoms with Gasteiger partial charge in [-0.05, 0) is 25.7 Å². The van der Waals surface area contributed by atoms with Crippen LogP contribution in [0.1, 0.15) is 31.4 Å². The minimum absolute atomic E-state index is 0.00157. The number of nitrogens with zero attached hydrogens (tertiary/aromatic N) is 2. The Morgan fingerprint density at radius 2 is 2.10 bits per heavy atom. The molecule has 0 bridgehead atoms. The molecular formula is C12H22N4O3S. The summed E-state index contributed by atoms with van der Waals surface area (Å²) in [6, 6.07) is 0. The van der Waals surface area contributed by atoms with Crippen LogP contribution in [0.2, 0.25) is 0 Å². The Hall–Kier alpha value is -1.12. The quantitative estimate of drug-likeness (QED) is 0.733. The highest BCUT2D eigenvalue weighted by Crippen LogP contribution is 2.25. The van der Waals surface area contributed by atoms with Crippen LogP contribution in [0.3, 0.4) is 0 Å². The molecule has 1 aliphatic carbocycles. The van der Waals surface area contributed by atoms with Gasteiger partial charge in [0.1, 0.15) is 4.90 Å². The monoisotopic (exact) mass is 302 g/mol. The first kappa shape index (κ1) is 15.3. The van der Waals surface area contributed by atoms with Gasteiger partial charge >= 0.3 is 0 Å². The second-order valence-electron chi connectivity index (χ2n) is 5.39. The van der Waals surface area contributed by atoms with E-state index in [1.54, 1.807) is 14.0 Å². The van der Waals surface area contributed by atoms with Gasteiger partial charge in [0, 0.05) is 13.6 Å². The van der Waals surface area contributed by atoms with E-state index in [0.29, 0.717) is 5.69 Å². The molecular weight excluding hydrogens is 280 g/mol. The van der Waals surface area contributed by atoms with Gasteiger partial charge in [0.25, 0.3) is 0 Å². The van der Waals surface area contributed by atoms with Crippen LogP contribution in [0, 0.1) is 12.8 Å². The average molecular weight is 302 g/mol. The Labute approximate surface area is 119 Å². The van der Waals surface area contributed by atoms with Crippen LogP contribution in [0.25, 0.3) is 0 Å². The smallest absolute Gasteiger partial charge is 0.246 e. The Kier molecular flexibility index (Phi) is 4.36. The van der Waals surface area contributed by atoms with Crippen LogP contribution in [-0.4, -0.2) is 36.0 Å². The number of anilines is 1. The standard InChI is InChI=1S/C12H22N4O3S/c1-8-11(12(13)15-16(8)2)20(18,19)14-7-9-5-3-4-6-10(9)17/h9-10,14,17H,3-7H2,1-2H3,(H2,13,15). The van der Waals surface area contributed by atoms with Gasteiger partial charge in [-0.3, -0.25) is 4.68 Å². The van der Waals surface area contributed by atoms with E-state index in [2.05, 4.69) is 9.82 Å². The second-order valence-corrected chi connectivity index (χ2v) is 7.09. The SMILES string of the molecule is Cc1c(S(=O)(=O)NCC2CCCCC2O)c(N)nn1C. The van der Waals surface area contributed by atoms with Crippen LogP contribution in [-0.2, 0) is 17.1 Å². The van der Waals surface area contributed by atoms with Gasteiger partial charge in [0.2, 0.25) is 10.0 Å². The lowest BCUT2D eigenvalue weighted by atomic mass is 9.87. The molecule has 2 rings (SSSR count). The third kappa shape index (κ3) is 2.97. The van der Waals surface area contributed by atoms with Gasteiger partial charge in [0.15, 0.2) is 5.82 Å². The van der Waals surface area contributed by atoms with E-state index in [4.69, 9.17) is 5.73 Å². The Morgan fingerprint density at radius 3 is 2.65 bits per heavy atom. The molecule has 1 heterocycles. The molecule has 4 N–H and O–H groups in total. The van der Waals surface area contributed by atoms with Crippen molar-refractivity contribution in [3.63, 3.8) is 0 Å². The number of rotatable bonds is 4. The third-order valence-electron chi connectivity index (χ3n) is 3.98. The molecule has 0 aromatic carbocycles.